The molecule has 4 nitrogen and oxygen atoms in total. The number of alkyl halides is 1. The second-order valence-corrected chi connectivity index (χ2v) is 3.56. The summed E-state index contributed by atoms with van der Waals surface area (Å²) in [5, 5.41) is 4.19. The van der Waals surface area contributed by atoms with Crippen molar-refractivity contribution in [3.05, 3.63) is 17.5 Å². The lowest BCUT2D eigenvalue weighted by atomic mass is 10.2. The summed E-state index contributed by atoms with van der Waals surface area (Å²) in [4.78, 5) is 12.8. The lowest BCUT2D eigenvalue weighted by molar-refractivity contribution is -0.127. The lowest BCUT2D eigenvalue weighted by Crippen LogP contribution is -2.27. The van der Waals surface area contributed by atoms with Crippen molar-refractivity contribution in [2.75, 3.05) is 12.9 Å². The predicted molar refractivity (Wildman–Crippen MR) is 55.1 cm³/mol. The van der Waals surface area contributed by atoms with Gasteiger partial charge in [-0.05, 0) is 6.92 Å². The molecule has 0 saturated heterocycles. The van der Waals surface area contributed by atoms with Gasteiger partial charge < -0.3 is 4.90 Å². The summed E-state index contributed by atoms with van der Waals surface area (Å²) in [7, 11) is 3.59. The molecule has 0 unspecified atom stereocenters. The van der Waals surface area contributed by atoms with E-state index in [9.17, 15) is 4.79 Å². The molecular formula is C9H14ClN3O. The van der Waals surface area contributed by atoms with Crippen molar-refractivity contribution >= 4 is 17.5 Å². The average molecular weight is 216 g/mol. The summed E-state index contributed by atoms with van der Waals surface area (Å²) in [5.74, 6) is -0.0505. The molecule has 1 rings (SSSR count). The number of carbonyl (C=O) groups is 1. The molecule has 78 valence electrons. The van der Waals surface area contributed by atoms with Crippen molar-refractivity contribution in [2.45, 2.75) is 13.5 Å². The van der Waals surface area contributed by atoms with Crippen molar-refractivity contribution in [3.63, 3.8) is 0 Å². The van der Waals surface area contributed by atoms with Crippen LogP contribution in [0.3, 0.4) is 0 Å². The first-order valence-corrected chi connectivity index (χ1v) is 4.87. The SMILES string of the molecule is Cc1nn(C)cc1CN(C)C(=O)CCl. The Labute approximate surface area is 88.5 Å². The van der Waals surface area contributed by atoms with E-state index in [2.05, 4.69) is 5.10 Å². The Morgan fingerprint density at radius 3 is 2.79 bits per heavy atom. The Kier molecular flexibility index (Phi) is 3.52. The summed E-state index contributed by atoms with van der Waals surface area (Å²) in [5.41, 5.74) is 2.00. The predicted octanol–water partition coefficient (Wildman–Crippen LogP) is 0.926. The third kappa shape index (κ3) is 2.48. The normalized spacial score (nSPS) is 10.3. The van der Waals surface area contributed by atoms with Crippen LogP contribution in [0.15, 0.2) is 6.20 Å². The number of hydrogen-bond acceptors (Lipinski definition) is 2. The van der Waals surface area contributed by atoms with Crippen molar-refractivity contribution in [2.24, 2.45) is 7.05 Å². The minimum absolute atomic E-state index is 0.0236. The van der Waals surface area contributed by atoms with Gasteiger partial charge in [0.05, 0.1) is 5.69 Å². The number of amides is 1. The number of nitrogens with zero attached hydrogens (tertiary/aromatic N) is 3. The first-order valence-electron chi connectivity index (χ1n) is 4.33. The van der Waals surface area contributed by atoms with E-state index < -0.39 is 0 Å². The molecule has 1 amide bonds. The number of carbonyl (C=O) groups excluding carboxylic acids is 1. The van der Waals surface area contributed by atoms with E-state index in [1.165, 1.54) is 0 Å². The van der Waals surface area contributed by atoms with Gasteiger partial charge in [-0.15, -0.1) is 11.6 Å². The highest BCUT2D eigenvalue weighted by Crippen LogP contribution is 2.07. The molecule has 0 aliphatic rings. The summed E-state index contributed by atoms with van der Waals surface area (Å²) in [6.07, 6.45) is 1.91. The van der Waals surface area contributed by atoms with E-state index in [1.54, 1.807) is 16.6 Å². The maximum absolute atomic E-state index is 11.2. The molecule has 0 aromatic carbocycles. The number of hydrogen-bond donors (Lipinski definition) is 0. The summed E-state index contributed by atoms with van der Waals surface area (Å²) in [6.45, 7) is 2.49. The highest BCUT2D eigenvalue weighted by atomic mass is 35.5. The Balaban J connectivity index is 2.69. The molecule has 1 aromatic heterocycles. The zero-order valence-corrected chi connectivity index (χ0v) is 9.38. The molecule has 0 saturated carbocycles. The molecule has 1 aromatic rings. The molecule has 5 heteroatoms. The van der Waals surface area contributed by atoms with Gasteiger partial charge in [-0.25, -0.2) is 0 Å². The summed E-state index contributed by atoms with van der Waals surface area (Å²) in [6, 6.07) is 0. The first-order chi connectivity index (χ1) is 6.54. The van der Waals surface area contributed by atoms with Crippen molar-refractivity contribution in [3.8, 4) is 0 Å². The highest BCUT2D eigenvalue weighted by Gasteiger charge is 2.10. The second kappa shape index (κ2) is 4.46. The van der Waals surface area contributed by atoms with Crippen LogP contribution in [-0.2, 0) is 18.4 Å². The third-order valence-corrected chi connectivity index (χ3v) is 2.29. The fraction of sp³-hybridized carbons (Fsp3) is 0.556. The van der Waals surface area contributed by atoms with E-state index in [4.69, 9.17) is 11.6 Å². The van der Waals surface area contributed by atoms with E-state index in [-0.39, 0.29) is 11.8 Å². The number of aromatic nitrogens is 2. The van der Waals surface area contributed by atoms with Gasteiger partial charge in [0.25, 0.3) is 0 Å². The Morgan fingerprint density at radius 1 is 1.71 bits per heavy atom. The molecular weight excluding hydrogens is 202 g/mol. The molecule has 0 fully saturated rings. The quantitative estimate of drug-likeness (QED) is 0.704. The zero-order chi connectivity index (χ0) is 10.7. The van der Waals surface area contributed by atoms with Gasteiger partial charge in [-0.1, -0.05) is 0 Å². The van der Waals surface area contributed by atoms with E-state index in [0.29, 0.717) is 6.54 Å². The maximum Gasteiger partial charge on any atom is 0.237 e. The van der Waals surface area contributed by atoms with E-state index in [0.717, 1.165) is 11.3 Å². The van der Waals surface area contributed by atoms with Crippen molar-refractivity contribution in [1.82, 2.24) is 14.7 Å². The Morgan fingerprint density at radius 2 is 2.36 bits per heavy atom. The lowest BCUT2D eigenvalue weighted by Gasteiger charge is -2.14. The minimum Gasteiger partial charge on any atom is -0.340 e. The zero-order valence-electron chi connectivity index (χ0n) is 8.62. The molecule has 0 aliphatic carbocycles. The Hall–Kier alpha value is -1.03. The standard InChI is InChI=1S/C9H14ClN3O/c1-7-8(6-13(3)11-7)5-12(2)9(14)4-10/h6H,4-5H2,1-3H3. The van der Waals surface area contributed by atoms with Crippen LogP contribution in [-0.4, -0.2) is 33.5 Å². The topological polar surface area (TPSA) is 38.1 Å². The average Bonchev–Trinajstić information content (AvgIpc) is 2.44. The summed E-state index contributed by atoms with van der Waals surface area (Å²) < 4.78 is 1.74. The van der Waals surface area contributed by atoms with Crippen LogP contribution in [0.25, 0.3) is 0 Å². The van der Waals surface area contributed by atoms with Gasteiger partial charge in [0.15, 0.2) is 0 Å². The van der Waals surface area contributed by atoms with E-state index in [1.807, 2.05) is 20.2 Å². The van der Waals surface area contributed by atoms with Crippen LogP contribution in [0, 0.1) is 6.92 Å². The number of halogens is 1. The van der Waals surface area contributed by atoms with E-state index >= 15 is 0 Å². The van der Waals surface area contributed by atoms with Crippen molar-refractivity contribution < 1.29 is 4.79 Å². The smallest absolute Gasteiger partial charge is 0.237 e. The largest absolute Gasteiger partial charge is 0.340 e. The van der Waals surface area contributed by atoms with Crippen molar-refractivity contribution in [1.29, 1.82) is 0 Å². The fourth-order valence-corrected chi connectivity index (χ4v) is 1.45. The molecule has 1 heterocycles. The van der Waals surface area contributed by atoms with Gasteiger partial charge in [0, 0.05) is 32.4 Å². The molecule has 14 heavy (non-hydrogen) atoms. The molecule has 0 aliphatic heterocycles. The van der Waals surface area contributed by atoms with Gasteiger partial charge in [0.1, 0.15) is 5.88 Å². The second-order valence-electron chi connectivity index (χ2n) is 3.30. The van der Waals surface area contributed by atoms with Crippen LogP contribution in [0.4, 0.5) is 0 Å². The third-order valence-electron chi connectivity index (χ3n) is 2.06. The van der Waals surface area contributed by atoms with Crippen LogP contribution < -0.4 is 0 Å². The highest BCUT2D eigenvalue weighted by molar-refractivity contribution is 6.27. The number of aryl methyl sites for hydroxylation is 2. The molecule has 0 bridgehead atoms. The van der Waals surface area contributed by atoms with Gasteiger partial charge in [-0.3, -0.25) is 9.48 Å². The first kappa shape index (κ1) is 11.0. The minimum atomic E-state index is -0.0741. The van der Waals surface area contributed by atoms with Crippen LogP contribution in [0.1, 0.15) is 11.3 Å². The molecule has 0 atom stereocenters. The van der Waals surface area contributed by atoms with Gasteiger partial charge in [0.2, 0.25) is 5.91 Å². The fourth-order valence-electron chi connectivity index (χ4n) is 1.25. The van der Waals surface area contributed by atoms with Crippen LogP contribution in [0.5, 0.6) is 0 Å². The van der Waals surface area contributed by atoms with Crippen LogP contribution in [0.2, 0.25) is 0 Å². The molecule has 0 spiro atoms. The summed E-state index contributed by atoms with van der Waals surface area (Å²) >= 11 is 5.45. The van der Waals surface area contributed by atoms with Gasteiger partial charge in [-0.2, -0.15) is 5.10 Å². The molecule has 0 radical (unpaired) electrons. The molecule has 0 N–H and O–H groups in total. The maximum atomic E-state index is 11.2. The van der Waals surface area contributed by atoms with Crippen LogP contribution >= 0.6 is 11.6 Å². The Bertz CT molecular complexity index is 335. The van der Waals surface area contributed by atoms with Gasteiger partial charge >= 0.3 is 0 Å². The monoisotopic (exact) mass is 215 g/mol. The number of rotatable bonds is 3.